The monoisotopic (exact) mass is 586 g/mol. The predicted octanol–water partition coefficient (Wildman–Crippen LogP) is 7.92. The summed E-state index contributed by atoms with van der Waals surface area (Å²) in [4.78, 5) is 29.9. The molecule has 0 atom stereocenters. The number of nitrogens with zero attached hydrogens (tertiary/aromatic N) is 3. The number of aryl methyl sites for hydroxylation is 2. The molecule has 0 radical (unpaired) electrons. The van der Waals surface area contributed by atoms with E-state index < -0.39 is 11.5 Å². The molecular weight excluding hydrogens is 548 g/mol. The number of aliphatic carboxylic acids is 1. The summed E-state index contributed by atoms with van der Waals surface area (Å²) in [7, 11) is 1.97. The van der Waals surface area contributed by atoms with Crippen molar-refractivity contribution < 1.29 is 14.7 Å². The van der Waals surface area contributed by atoms with E-state index in [0.29, 0.717) is 11.6 Å². The Bertz CT molecular complexity index is 1920. The van der Waals surface area contributed by atoms with E-state index in [1.807, 2.05) is 35.9 Å². The van der Waals surface area contributed by atoms with Gasteiger partial charge in [-0.2, -0.15) is 0 Å². The van der Waals surface area contributed by atoms with Gasteiger partial charge in [0.05, 0.1) is 22.3 Å². The zero-order valence-electron chi connectivity index (χ0n) is 25.3. The summed E-state index contributed by atoms with van der Waals surface area (Å²) < 4.78 is 4.59. The maximum atomic E-state index is 14.0. The van der Waals surface area contributed by atoms with Gasteiger partial charge in [0.15, 0.2) is 0 Å². The van der Waals surface area contributed by atoms with Gasteiger partial charge in [0, 0.05) is 35.6 Å². The number of fused-ring (bicyclic) bond motifs is 2. The predicted molar refractivity (Wildman–Crippen MR) is 175 cm³/mol. The lowest BCUT2D eigenvalue weighted by Gasteiger charge is -2.41. The number of benzene rings is 3. The number of aromatic nitrogens is 3. The smallest absolute Gasteiger partial charge is 0.328 e. The molecule has 0 aliphatic heterocycles. The zero-order valence-corrected chi connectivity index (χ0v) is 25.3. The maximum absolute atomic E-state index is 14.0. The molecule has 1 amide bonds. The Morgan fingerprint density at radius 2 is 1.73 bits per heavy atom. The van der Waals surface area contributed by atoms with Crippen molar-refractivity contribution in [3.8, 4) is 11.3 Å². The topological polar surface area (TPSA) is 89.2 Å². The molecular formula is C37H38N4O3. The first-order valence-electron chi connectivity index (χ1n) is 15.7. The van der Waals surface area contributed by atoms with Crippen LogP contribution in [0.4, 0.5) is 0 Å². The zero-order chi connectivity index (χ0) is 30.4. The Morgan fingerprint density at radius 1 is 0.955 bits per heavy atom. The van der Waals surface area contributed by atoms with E-state index in [-0.39, 0.29) is 5.91 Å². The van der Waals surface area contributed by atoms with Crippen LogP contribution in [0.25, 0.3) is 39.3 Å². The lowest BCUT2D eigenvalue weighted by molar-refractivity contribution is -0.131. The number of hydrogen-bond acceptors (Lipinski definition) is 3. The lowest BCUT2D eigenvalue weighted by atomic mass is 9.75. The Labute approximate surface area is 257 Å². The SMILES string of the molecule is Cc1c(-c2ccccc2)n(C2CCCCC2)c2ccc(C(=O)NC3(c4nc5ccc(/C=C/C(=O)O)cc5n4C)CCC3)cc12. The molecule has 2 aliphatic rings. The van der Waals surface area contributed by atoms with Gasteiger partial charge in [-0.15, -0.1) is 0 Å². The van der Waals surface area contributed by atoms with Crippen molar-refractivity contribution in [3.05, 3.63) is 95.3 Å². The average molecular weight is 587 g/mol. The third-order valence-electron chi connectivity index (χ3n) is 9.82. The molecule has 7 nitrogen and oxygen atoms in total. The lowest BCUT2D eigenvalue weighted by Crippen LogP contribution is -2.52. The minimum Gasteiger partial charge on any atom is -0.478 e. The number of rotatable bonds is 7. The van der Waals surface area contributed by atoms with E-state index in [1.54, 1.807) is 6.08 Å². The number of amides is 1. The van der Waals surface area contributed by atoms with E-state index in [1.165, 1.54) is 54.4 Å². The average Bonchev–Trinajstić information content (AvgIpc) is 3.51. The Morgan fingerprint density at radius 3 is 2.43 bits per heavy atom. The van der Waals surface area contributed by atoms with Crippen LogP contribution in [0.1, 0.15) is 84.7 Å². The highest BCUT2D eigenvalue weighted by Gasteiger charge is 2.44. The van der Waals surface area contributed by atoms with Crippen LogP contribution in [0.15, 0.2) is 72.8 Å². The van der Waals surface area contributed by atoms with E-state index in [4.69, 9.17) is 10.1 Å². The van der Waals surface area contributed by atoms with Gasteiger partial charge in [0.25, 0.3) is 5.91 Å². The molecule has 2 saturated carbocycles. The Hall–Kier alpha value is -4.65. The van der Waals surface area contributed by atoms with Gasteiger partial charge in [-0.1, -0.05) is 55.7 Å². The van der Waals surface area contributed by atoms with E-state index in [2.05, 4.69) is 59.3 Å². The second-order valence-corrected chi connectivity index (χ2v) is 12.5. The molecule has 0 bridgehead atoms. The Kier molecular flexibility index (Phi) is 7.11. The highest BCUT2D eigenvalue weighted by Crippen LogP contribution is 2.43. The van der Waals surface area contributed by atoms with Crippen LogP contribution in [0, 0.1) is 6.92 Å². The highest BCUT2D eigenvalue weighted by molar-refractivity contribution is 6.01. The van der Waals surface area contributed by atoms with Crippen LogP contribution < -0.4 is 5.32 Å². The van der Waals surface area contributed by atoms with Crippen molar-refractivity contribution in [1.82, 2.24) is 19.4 Å². The molecule has 44 heavy (non-hydrogen) atoms. The van der Waals surface area contributed by atoms with E-state index in [9.17, 15) is 9.59 Å². The molecule has 7 heteroatoms. The van der Waals surface area contributed by atoms with Gasteiger partial charge < -0.3 is 19.6 Å². The summed E-state index contributed by atoms with van der Waals surface area (Å²) in [5, 5.41) is 13.6. The number of imidazole rings is 1. The fraction of sp³-hybridized carbons (Fsp3) is 0.324. The van der Waals surface area contributed by atoms with Crippen LogP contribution in [-0.4, -0.2) is 31.1 Å². The maximum Gasteiger partial charge on any atom is 0.328 e. The van der Waals surface area contributed by atoms with Crippen LogP contribution in [-0.2, 0) is 17.4 Å². The summed E-state index contributed by atoms with van der Waals surface area (Å²) in [6.45, 7) is 2.19. The van der Waals surface area contributed by atoms with Crippen LogP contribution in [0.3, 0.4) is 0 Å². The number of hydrogen-bond donors (Lipinski definition) is 2. The second kappa shape index (κ2) is 11.1. The molecule has 2 N–H and O–H groups in total. The Balaban J connectivity index is 1.24. The molecule has 2 aliphatic carbocycles. The number of carboxylic acids is 1. The van der Waals surface area contributed by atoms with Crippen LogP contribution >= 0.6 is 0 Å². The third kappa shape index (κ3) is 4.80. The van der Waals surface area contributed by atoms with Gasteiger partial charge >= 0.3 is 5.97 Å². The summed E-state index contributed by atoms with van der Waals surface area (Å²) in [5.41, 5.74) is 7.53. The van der Waals surface area contributed by atoms with E-state index >= 15 is 0 Å². The first-order valence-corrected chi connectivity index (χ1v) is 15.7. The summed E-state index contributed by atoms with van der Waals surface area (Å²) in [5.74, 6) is -0.240. The molecule has 5 aromatic rings. The molecule has 2 fully saturated rings. The minimum atomic E-state index is -0.984. The van der Waals surface area contributed by atoms with Gasteiger partial charge in [0.1, 0.15) is 5.82 Å². The largest absolute Gasteiger partial charge is 0.478 e. The first kappa shape index (κ1) is 28.1. The van der Waals surface area contributed by atoms with Crippen molar-refractivity contribution in [2.24, 2.45) is 7.05 Å². The second-order valence-electron chi connectivity index (χ2n) is 12.5. The normalized spacial score (nSPS) is 16.9. The molecule has 0 spiro atoms. The van der Waals surface area contributed by atoms with Gasteiger partial charge in [-0.3, -0.25) is 4.79 Å². The quantitative estimate of drug-likeness (QED) is 0.190. The molecule has 3 aromatic carbocycles. The number of nitrogens with one attached hydrogen (secondary N) is 1. The van der Waals surface area contributed by atoms with Crippen LogP contribution in [0.5, 0.6) is 0 Å². The fourth-order valence-electron chi connectivity index (χ4n) is 7.42. The number of carbonyl (C=O) groups excluding carboxylic acids is 1. The molecule has 224 valence electrons. The van der Waals surface area contributed by atoms with E-state index in [0.717, 1.165) is 53.1 Å². The van der Waals surface area contributed by atoms with Crippen molar-refractivity contribution in [1.29, 1.82) is 0 Å². The summed E-state index contributed by atoms with van der Waals surface area (Å²) in [6, 6.07) is 23.0. The molecule has 2 heterocycles. The summed E-state index contributed by atoms with van der Waals surface area (Å²) in [6.07, 6.45) is 11.5. The number of carbonyl (C=O) groups is 2. The summed E-state index contributed by atoms with van der Waals surface area (Å²) >= 11 is 0. The molecule has 7 rings (SSSR count). The van der Waals surface area contributed by atoms with Crippen molar-refractivity contribution in [2.75, 3.05) is 0 Å². The van der Waals surface area contributed by atoms with Crippen molar-refractivity contribution in [3.63, 3.8) is 0 Å². The van der Waals surface area contributed by atoms with Crippen molar-refractivity contribution in [2.45, 2.75) is 69.9 Å². The molecule has 2 aromatic heterocycles. The fourth-order valence-corrected chi connectivity index (χ4v) is 7.42. The van der Waals surface area contributed by atoms with Gasteiger partial charge in [-0.25, -0.2) is 9.78 Å². The molecule has 0 unspecified atom stereocenters. The number of carboxylic acid groups (broad SMARTS) is 1. The van der Waals surface area contributed by atoms with Crippen molar-refractivity contribution >= 4 is 39.9 Å². The standard InChI is InChI=1S/C37H38N4O3/c1-24-29-23-27(16-18-31(29)41(28-12-7-4-8-13-28)34(24)26-10-5-3-6-11-26)35(44)39-37(20-9-21-37)36-38-30-17-14-25(15-19-33(42)43)22-32(30)40(36)2/h3,5-6,10-11,14-19,22-23,28H,4,7-9,12-13,20-21H2,1-2H3,(H,39,44)(H,42,43)/b19-15+. The highest BCUT2D eigenvalue weighted by atomic mass is 16.4. The van der Waals surface area contributed by atoms with Crippen LogP contribution in [0.2, 0.25) is 0 Å². The minimum absolute atomic E-state index is 0.0881. The first-order chi connectivity index (χ1) is 21.3. The molecule has 0 saturated heterocycles. The van der Waals surface area contributed by atoms with Gasteiger partial charge in [-0.05, 0) is 92.1 Å². The third-order valence-corrected chi connectivity index (χ3v) is 9.82. The van der Waals surface area contributed by atoms with Gasteiger partial charge in [0.2, 0.25) is 0 Å².